The molecule has 0 fully saturated rings. The number of methoxy groups -OCH3 is 1. The number of carbonyl (C=O) groups excluding carboxylic acids is 2. The highest BCUT2D eigenvalue weighted by Gasteiger charge is 2.12. The molecule has 0 saturated heterocycles. The lowest BCUT2D eigenvalue weighted by Crippen LogP contribution is -2.30. The van der Waals surface area contributed by atoms with Crippen LogP contribution in [0.4, 0.5) is 0 Å². The molecule has 29 heavy (non-hydrogen) atoms. The summed E-state index contributed by atoms with van der Waals surface area (Å²) in [4.78, 5) is 29.6. The maximum Gasteiger partial charge on any atom is 0.325 e. The highest BCUT2D eigenvalue weighted by atomic mass is 35.5. The number of halogens is 1. The van der Waals surface area contributed by atoms with Crippen molar-refractivity contribution in [3.05, 3.63) is 64.8 Å². The Bertz CT molecular complexity index is 1060. The molecule has 8 heteroatoms. The topological polar surface area (TPSA) is 77.5 Å². The fraction of sp³-hybridized carbons (Fsp3) is 0.190. The number of rotatable bonds is 7. The van der Waals surface area contributed by atoms with Crippen LogP contribution < -0.4 is 10.1 Å². The van der Waals surface area contributed by atoms with Crippen molar-refractivity contribution in [2.75, 3.05) is 19.9 Å². The number of benzene rings is 2. The van der Waals surface area contributed by atoms with Gasteiger partial charge in [0.15, 0.2) is 0 Å². The van der Waals surface area contributed by atoms with E-state index in [1.54, 1.807) is 36.0 Å². The normalized spacial score (nSPS) is 10.6. The monoisotopic (exact) mass is 430 g/mol. The van der Waals surface area contributed by atoms with Gasteiger partial charge in [0.05, 0.1) is 12.6 Å². The molecule has 1 N–H and O–H groups in total. The average Bonchev–Trinajstić information content (AvgIpc) is 2.75. The predicted molar refractivity (Wildman–Crippen MR) is 114 cm³/mol. The molecule has 1 amide bonds. The quantitative estimate of drug-likeness (QED) is 0.345. The van der Waals surface area contributed by atoms with Crippen LogP contribution in [-0.4, -0.2) is 36.8 Å². The molecule has 0 aliphatic rings. The van der Waals surface area contributed by atoms with Crippen LogP contribution in [0.1, 0.15) is 15.9 Å². The largest absolute Gasteiger partial charge is 0.497 e. The van der Waals surface area contributed by atoms with Crippen molar-refractivity contribution < 1.29 is 19.1 Å². The number of nitrogens with one attached hydrogen (secondary N) is 1. The van der Waals surface area contributed by atoms with Gasteiger partial charge in [0.25, 0.3) is 5.91 Å². The summed E-state index contributed by atoms with van der Waals surface area (Å²) in [7, 11) is 1.52. The van der Waals surface area contributed by atoms with E-state index in [1.165, 1.54) is 7.11 Å². The first-order valence-corrected chi connectivity index (χ1v) is 10.3. The molecule has 0 radical (unpaired) electrons. The number of ether oxygens (including phenoxy) is 2. The van der Waals surface area contributed by atoms with Crippen molar-refractivity contribution in [2.45, 2.75) is 11.5 Å². The van der Waals surface area contributed by atoms with Gasteiger partial charge in [-0.1, -0.05) is 23.7 Å². The molecule has 0 spiro atoms. The first-order chi connectivity index (χ1) is 14.0. The second kappa shape index (κ2) is 9.62. The number of esters is 1. The zero-order valence-corrected chi connectivity index (χ0v) is 17.5. The van der Waals surface area contributed by atoms with Crippen LogP contribution in [0.2, 0.25) is 5.15 Å². The van der Waals surface area contributed by atoms with E-state index in [2.05, 4.69) is 10.3 Å². The first kappa shape index (κ1) is 21.0. The molecular weight excluding hydrogens is 412 g/mol. The van der Waals surface area contributed by atoms with Gasteiger partial charge in [-0.25, -0.2) is 4.98 Å². The fourth-order valence-electron chi connectivity index (χ4n) is 2.62. The van der Waals surface area contributed by atoms with Crippen LogP contribution >= 0.6 is 23.4 Å². The summed E-state index contributed by atoms with van der Waals surface area (Å²) in [6, 6.07) is 14.4. The summed E-state index contributed by atoms with van der Waals surface area (Å²) in [5.41, 5.74) is 1.77. The van der Waals surface area contributed by atoms with E-state index < -0.39 is 11.9 Å². The highest BCUT2D eigenvalue weighted by Crippen LogP contribution is 2.25. The summed E-state index contributed by atoms with van der Waals surface area (Å²) >= 11 is 7.85. The van der Waals surface area contributed by atoms with E-state index >= 15 is 0 Å². The van der Waals surface area contributed by atoms with Gasteiger partial charge in [-0.2, -0.15) is 0 Å². The first-order valence-electron chi connectivity index (χ1n) is 8.71. The van der Waals surface area contributed by atoms with Gasteiger partial charge in [-0.15, -0.1) is 11.8 Å². The molecule has 0 unspecified atom stereocenters. The van der Waals surface area contributed by atoms with Crippen LogP contribution in [0.5, 0.6) is 5.75 Å². The van der Waals surface area contributed by atoms with Gasteiger partial charge in [-0.05, 0) is 42.7 Å². The Morgan fingerprint density at radius 3 is 2.76 bits per heavy atom. The Hall–Kier alpha value is -2.77. The minimum Gasteiger partial charge on any atom is -0.497 e. The van der Waals surface area contributed by atoms with Gasteiger partial charge in [0, 0.05) is 21.4 Å². The maximum atomic E-state index is 12.1. The molecule has 0 aliphatic heterocycles. The number of nitrogens with zero attached hydrogens (tertiary/aromatic N) is 1. The number of carbonyl (C=O) groups is 2. The molecule has 2 aromatic carbocycles. The van der Waals surface area contributed by atoms with Crippen LogP contribution in [0.3, 0.4) is 0 Å². The van der Waals surface area contributed by atoms with Gasteiger partial charge >= 0.3 is 5.97 Å². The predicted octanol–water partition coefficient (Wildman–Crippen LogP) is 4.09. The number of aromatic nitrogens is 1. The van der Waals surface area contributed by atoms with Crippen molar-refractivity contribution in [1.29, 1.82) is 0 Å². The minimum atomic E-state index is -0.574. The Balaban J connectivity index is 1.57. The third-order valence-corrected chi connectivity index (χ3v) is 5.22. The van der Waals surface area contributed by atoms with Crippen molar-refractivity contribution in [2.24, 2.45) is 0 Å². The SMILES string of the molecule is COc1cccc(C(=O)NCC(=O)OCc2cc3ccc(SC)cc3nc2Cl)c1. The van der Waals surface area contributed by atoms with E-state index in [-0.39, 0.29) is 18.3 Å². The molecule has 3 aromatic rings. The molecule has 0 atom stereocenters. The van der Waals surface area contributed by atoms with Crippen molar-refractivity contribution in [3.63, 3.8) is 0 Å². The third kappa shape index (κ3) is 5.40. The molecule has 3 rings (SSSR count). The van der Waals surface area contributed by atoms with Gasteiger partial charge in [0.2, 0.25) is 0 Å². The van der Waals surface area contributed by atoms with Crippen LogP contribution in [0.25, 0.3) is 10.9 Å². The van der Waals surface area contributed by atoms with Crippen molar-refractivity contribution >= 4 is 46.1 Å². The Morgan fingerprint density at radius 2 is 2.00 bits per heavy atom. The number of hydrogen-bond acceptors (Lipinski definition) is 6. The number of amides is 1. The Labute approximate surface area is 177 Å². The molecule has 0 bridgehead atoms. The molecule has 0 saturated carbocycles. The third-order valence-electron chi connectivity index (χ3n) is 4.16. The molecule has 1 aromatic heterocycles. The van der Waals surface area contributed by atoms with Crippen molar-refractivity contribution in [3.8, 4) is 5.75 Å². The lowest BCUT2D eigenvalue weighted by Gasteiger charge is -2.09. The lowest BCUT2D eigenvalue weighted by molar-refractivity contribution is -0.143. The zero-order chi connectivity index (χ0) is 20.8. The van der Waals surface area contributed by atoms with Gasteiger partial charge in [-0.3, -0.25) is 9.59 Å². The number of fused-ring (bicyclic) bond motifs is 1. The molecule has 0 aliphatic carbocycles. The smallest absolute Gasteiger partial charge is 0.325 e. The highest BCUT2D eigenvalue weighted by molar-refractivity contribution is 7.98. The minimum absolute atomic E-state index is 0.0279. The summed E-state index contributed by atoms with van der Waals surface area (Å²) < 4.78 is 10.3. The second-order valence-electron chi connectivity index (χ2n) is 6.07. The van der Waals surface area contributed by atoms with Crippen LogP contribution in [0.15, 0.2) is 53.4 Å². The van der Waals surface area contributed by atoms with E-state index in [0.29, 0.717) is 16.9 Å². The number of pyridine rings is 1. The van der Waals surface area contributed by atoms with Crippen LogP contribution in [-0.2, 0) is 16.1 Å². The molecule has 1 heterocycles. The zero-order valence-electron chi connectivity index (χ0n) is 15.9. The summed E-state index contributed by atoms with van der Waals surface area (Å²) in [5.74, 6) is -0.408. The summed E-state index contributed by atoms with van der Waals surface area (Å²) in [6.45, 7) is -0.286. The summed E-state index contributed by atoms with van der Waals surface area (Å²) in [6.07, 6.45) is 1.99. The number of thioether (sulfide) groups is 1. The molecule has 150 valence electrons. The standard InChI is InChI=1S/C21H19ClN2O4S/c1-27-16-5-3-4-14(9-16)21(26)23-11-19(25)28-12-15-8-13-6-7-17(29-2)10-18(13)24-20(15)22/h3-10H,11-12H2,1-2H3,(H,23,26). The summed E-state index contributed by atoms with van der Waals surface area (Å²) in [5, 5.41) is 3.71. The van der Waals surface area contributed by atoms with E-state index in [1.807, 2.05) is 30.5 Å². The van der Waals surface area contributed by atoms with Crippen LogP contribution in [0, 0.1) is 0 Å². The molecule has 6 nitrogen and oxygen atoms in total. The average molecular weight is 431 g/mol. The van der Waals surface area contributed by atoms with E-state index in [9.17, 15) is 9.59 Å². The molecular formula is C21H19ClN2O4S. The fourth-order valence-corrected chi connectivity index (χ4v) is 3.26. The van der Waals surface area contributed by atoms with Gasteiger partial charge in [0.1, 0.15) is 24.1 Å². The van der Waals surface area contributed by atoms with Crippen molar-refractivity contribution in [1.82, 2.24) is 10.3 Å². The van der Waals surface area contributed by atoms with E-state index in [0.717, 1.165) is 15.8 Å². The Morgan fingerprint density at radius 1 is 1.17 bits per heavy atom. The Kier molecular flexibility index (Phi) is 6.95. The van der Waals surface area contributed by atoms with E-state index in [4.69, 9.17) is 21.1 Å². The second-order valence-corrected chi connectivity index (χ2v) is 7.31. The maximum absolute atomic E-state index is 12.1. The lowest BCUT2D eigenvalue weighted by atomic mass is 10.2. The van der Waals surface area contributed by atoms with Gasteiger partial charge < -0.3 is 14.8 Å². The number of hydrogen-bond donors (Lipinski definition) is 1.